The van der Waals surface area contributed by atoms with Crippen LogP contribution < -0.4 is 15.4 Å². The molecule has 0 radical (unpaired) electrons. The summed E-state index contributed by atoms with van der Waals surface area (Å²) in [5.74, 6) is 0.258. The third-order valence-electron chi connectivity index (χ3n) is 2.98. The smallest absolute Gasteiger partial charge is 0.410 e. The molecule has 1 rings (SSSR count). The van der Waals surface area contributed by atoms with E-state index in [1.807, 2.05) is 27.7 Å². The Labute approximate surface area is 131 Å². The first-order chi connectivity index (χ1) is 10.2. The molecule has 2 N–H and O–H groups in total. The SMILES string of the molecule is C=CCC(C)(C)C(=O)Nc1cccc(OC(=O)NC(C)C)c1. The number of nitrogens with one attached hydrogen (secondary N) is 2. The maximum absolute atomic E-state index is 12.2. The van der Waals surface area contributed by atoms with Crippen molar-refractivity contribution in [3.05, 3.63) is 36.9 Å². The Kier molecular flexibility index (Phi) is 6.16. The van der Waals surface area contributed by atoms with Gasteiger partial charge in [0.2, 0.25) is 5.91 Å². The van der Waals surface area contributed by atoms with Gasteiger partial charge in [0.05, 0.1) is 0 Å². The van der Waals surface area contributed by atoms with Crippen LogP contribution in [0.5, 0.6) is 5.75 Å². The topological polar surface area (TPSA) is 67.4 Å². The quantitative estimate of drug-likeness (QED) is 0.787. The molecule has 0 fully saturated rings. The third-order valence-corrected chi connectivity index (χ3v) is 2.98. The molecule has 0 unspecified atom stereocenters. The van der Waals surface area contributed by atoms with Crippen LogP contribution in [-0.2, 0) is 4.79 Å². The van der Waals surface area contributed by atoms with Gasteiger partial charge in [-0.3, -0.25) is 4.79 Å². The number of rotatable bonds is 6. The number of ether oxygens (including phenoxy) is 1. The molecule has 5 heteroatoms. The lowest BCUT2D eigenvalue weighted by atomic mass is 9.88. The summed E-state index contributed by atoms with van der Waals surface area (Å²) in [5.41, 5.74) is 0.0326. The molecule has 1 aromatic rings. The third kappa shape index (κ3) is 5.60. The number of benzene rings is 1. The second kappa shape index (κ2) is 7.64. The van der Waals surface area contributed by atoms with Crippen molar-refractivity contribution in [2.24, 2.45) is 5.41 Å². The van der Waals surface area contributed by atoms with E-state index in [0.29, 0.717) is 17.9 Å². The molecule has 0 bridgehead atoms. The van der Waals surface area contributed by atoms with E-state index in [0.717, 1.165) is 0 Å². The minimum absolute atomic E-state index is 0.00455. The largest absolute Gasteiger partial charge is 0.412 e. The van der Waals surface area contributed by atoms with Gasteiger partial charge in [0.15, 0.2) is 0 Å². The van der Waals surface area contributed by atoms with Crippen molar-refractivity contribution >= 4 is 17.7 Å². The fraction of sp³-hybridized carbons (Fsp3) is 0.412. The number of anilines is 1. The standard InChI is InChI=1S/C17H24N2O3/c1-6-10-17(4,5)15(20)19-13-8-7-9-14(11-13)22-16(21)18-12(2)3/h6-9,11-12H,1,10H2,2-5H3,(H,18,21)(H,19,20). The van der Waals surface area contributed by atoms with Crippen LogP contribution >= 0.6 is 0 Å². The van der Waals surface area contributed by atoms with E-state index in [2.05, 4.69) is 17.2 Å². The second-order valence-corrected chi connectivity index (χ2v) is 6.05. The molecule has 1 aromatic carbocycles. The Hall–Kier alpha value is -2.30. The molecule has 0 aliphatic heterocycles. The summed E-state index contributed by atoms with van der Waals surface area (Å²) in [4.78, 5) is 23.8. The zero-order chi connectivity index (χ0) is 16.8. The van der Waals surface area contributed by atoms with Gasteiger partial charge in [-0.15, -0.1) is 6.58 Å². The molecule has 0 atom stereocenters. The molecule has 22 heavy (non-hydrogen) atoms. The first kappa shape index (κ1) is 17.8. The van der Waals surface area contributed by atoms with Gasteiger partial charge in [0.25, 0.3) is 0 Å². The van der Waals surface area contributed by atoms with Crippen LogP contribution in [0.2, 0.25) is 0 Å². The van der Waals surface area contributed by atoms with Gasteiger partial charge in [-0.2, -0.15) is 0 Å². The normalized spacial score (nSPS) is 11.0. The van der Waals surface area contributed by atoms with Gasteiger partial charge in [0.1, 0.15) is 5.75 Å². The number of amides is 2. The highest BCUT2D eigenvalue weighted by Gasteiger charge is 2.26. The van der Waals surface area contributed by atoms with E-state index in [-0.39, 0.29) is 11.9 Å². The fourth-order valence-electron chi connectivity index (χ4n) is 1.76. The number of hydrogen-bond donors (Lipinski definition) is 2. The number of allylic oxidation sites excluding steroid dienone is 1. The maximum atomic E-state index is 12.2. The highest BCUT2D eigenvalue weighted by molar-refractivity contribution is 5.95. The monoisotopic (exact) mass is 304 g/mol. The van der Waals surface area contributed by atoms with Crippen molar-refractivity contribution in [2.75, 3.05) is 5.32 Å². The highest BCUT2D eigenvalue weighted by atomic mass is 16.6. The van der Waals surface area contributed by atoms with Crippen LogP contribution in [0.25, 0.3) is 0 Å². The van der Waals surface area contributed by atoms with E-state index in [1.54, 1.807) is 30.3 Å². The molecule has 0 aromatic heterocycles. The number of hydrogen-bond acceptors (Lipinski definition) is 3. The molecule has 2 amide bonds. The van der Waals surface area contributed by atoms with Crippen molar-refractivity contribution in [1.29, 1.82) is 0 Å². The van der Waals surface area contributed by atoms with E-state index in [1.165, 1.54) is 0 Å². The summed E-state index contributed by atoms with van der Waals surface area (Å²) in [7, 11) is 0. The summed E-state index contributed by atoms with van der Waals surface area (Å²) in [6, 6.07) is 6.73. The van der Waals surface area contributed by atoms with Crippen molar-refractivity contribution in [2.45, 2.75) is 40.2 Å². The molecule has 0 heterocycles. The lowest BCUT2D eigenvalue weighted by molar-refractivity contribution is -0.123. The van der Waals surface area contributed by atoms with Crippen LogP contribution in [0.3, 0.4) is 0 Å². The van der Waals surface area contributed by atoms with Crippen LogP contribution in [0, 0.1) is 5.41 Å². The highest BCUT2D eigenvalue weighted by Crippen LogP contribution is 2.24. The van der Waals surface area contributed by atoms with Crippen LogP contribution in [-0.4, -0.2) is 18.0 Å². The van der Waals surface area contributed by atoms with Gasteiger partial charge < -0.3 is 15.4 Å². The number of carbonyl (C=O) groups excluding carboxylic acids is 2. The van der Waals surface area contributed by atoms with Gasteiger partial charge in [0, 0.05) is 23.2 Å². The summed E-state index contributed by atoms with van der Waals surface area (Å²) in [6.45, 7) is 11.1. The molecule has 0 aliphatic carbocycles. The van der Waals surface area contributed by atoms with Crippen LogP contribution in [0.15, 0.2) is 36.9 Å². The molecule has 120 valence electrons. The van der Waals surface area contributed by atoms with Gasteiger partial charge in [-0.25, -0.2) is 4.79 Å². The Morgan fingerprint density at radius 3 is 2.64 bits per heavy atom. The Morgan fingerprint density at radius 2 is 2.05 bits per heavy atom. The molecule has 0 saturated heterocycles. The Balaban J connectivity index is 2.74. The Bertz CT molecular complexity index is 551. The van der Waals surface area contributed by atoms with Crippen molar-refractivity contribution in [1.82, 2.24) is 5.32 Å². The van der Waals surface area contributed by atoms with Crippen LogP contribution in [0.4, 0.5) is 10.5 Å². The molecule has 0 saturated carbocycles. The average molecular weight is 304 g/mol. The summed E-state index contributed by atoms with van der Waals surface area (Å²) in [6.07, 6.45) is 1.77. The van der Waals surface area contributed by atoms with Crippen molar-refractivity contribution < 1.29 is 14.3 Å². The fourth-order valence-corrected chi connectivity index (χ4v) is 1.76. The van der Waals surface area contributed by atoms with Gasteiger partial charge in [-0.05, 0) is 32.4 Å². The summed E-state index contributed by atoms with van der Waals surface area (Å²) < 4.78 is 5.16. The minimum Gasteiger partial charge on any atom is -0.410 e. The Morgan fingerprint density at radius 1 is 1.36 bits per heavy atom. The summed E-state index contributed by atoms with van der Waals surface area (Å²) in [5, 5.41) is 5.46. The molecular weight excluding hydrogens is 280 g/mol. The van der Waals surface area contributed by atoms with Crippen molar-refractivity contribution in [3.8, 4) is 5.75 Å². The van der Waals surface area contributed by atoms with Gasteiger partial charge in [-0.1, -0.05) is 26.0 Å². The lowest BCUT2D eigenvalue weighted by Gasteiger charge is -2.22. The average Bonchev–Trinajstić information content (AvgIpc) is 2.37. The first-order valence-electron chi connectivity index (χ1n) is 7.25. The van der Waals surface area contributed by atoms with E-state index < -0.39 is 11.5 Å². The summed E-state index contributed by atoms with van der Waals surface area (Å²) >= 11 is 0. The molecular formula is C17H24N2O3. The zero-order valence-corrected chi connectivity index (χ0v) is 13.6. The van der Waals surface area contributed by atoms with Gasteiger partial charge >= 0.3 is 6.09 Å². The second-order valence-electron chi connectivity index (χ2n) is 6.05. The predicted molar refractivity (Wildman–Crippen MR) is 88.0 cm³/mol. The number of carbonyl (C=O) groups is 2. The van der Waals surface area contributed by atoms with E-state index in [4.69, 9.17) is 4.74 Å². The molecule has 5 nitrogen and oxygen atoms in total. The molecule has 0 aliphatic rings. The zero-order valence-electron chi connectivity index (χ0n) is 13.6. The van der Waals surface area contributed by atoms with E-state index in [9.17, 15) is 9.59 Å². The van der Waals surface area contributed by atoms with Crippen LogP contribution in [0.1, 0.15) is 34.1 Å². The first-order valence-corrected chi connectivity index (χ1v) is 7.25. The lowest BCUT2D eigenvalue weighted by Crippen LogP contribution is -2.32. The minimum atomic E-state index is -0.548. The molecule has 0 spiro atoms. The predicted octanol–water partition coefficient (Wildman–Crippen LogP) is 3.72. The van der Waals surface area contributed by atoms with Crippen molar-refractivity contribution in [3.63, 3.8) is 0 Å². The maximum Gasteiger partial charge on any atom is 0.412 e. The van der Waals surface area contributed by atoms with E-state index >= 15 is 0 Å².